The largest absolute Gasteiger partial charge is 0.493 e. The predicted molar refractivity (Wildman–Crippen MR) is 126 cm³/mol. The van der Waals surface area contributed by atoms with E-state index in [4.69, 9.17) is 4.74 Å². The number of nitrogens with one attached hydrogen (secondary N) is 1. The number of rotatable bonds is 6. The molecule has 5 nitrogen and oxygen atoms in total. The highest BCUT2D eigenvalue weighted by molar-refractivity contribution is 7.99. The van der Waals surface area contributed by atoms with E-state index in [1.807, 2.05) is 60.7 Å². The topological polar surface area (TPSA) is 71.5 Å². The quantitative estimate of drug-likeness (QED) is 0.524. The van der Waals surface area contributed by atoms with E-state index in [2.05, 4.69) is 16.6 Å². The van der Waals surface area contributed by atoms with Gasteiger partial charge in [0.1, 0.15) is 5.75 Å². The summed E-state index contributed by atoms with van der Waals surface area (Å²) in [5.41, 5.74) is 4.10. The molecule has 0 radical (unpaired) electrons. The Kier molecular flexibility index (Phi) is 5.66. The number of pyridine rings is 1. The van der Waals surface area contributed by atoms with Crippen molar-refractivity contribution >= 4 is 17.9 Å². The smallest absolute Gasteiger partial charge is 0.261 e. The third-order valence-corrected chi connectivity index (χ3v) is 7.44. The normalized spacial score (nSPS) is 20.7. The van der Waals surface area contributed by atoms with Gasteiger partial charge in [-0.1, -0.05) is 36.4 Å². The minimum absolute atomic E-state index is 0.0536. The number of nitrogens with zero attached hydrogens (tertiary/aromatic N) is 1. The number of aliphatic hydroxyl groups is 1. The van der Waals surface area contributed by atoms with Gasteiger partial charge in [0, 0.05) is 33.7 Å². The summed E-state index contributed by atoms with van der Waals surface area (Å²) >= 11 is 1.51. The van der Waals surface area contributed by atoms with Crippen LogP contribution in [0.15, 0.2) is 66.9 Å². The molecule has 0 saturated heterocycles. The number of hydrogen-bond donors (Lipinski definition) is 2. The number of aliphatic hydroxyl groups excluding tert-OH is 1. The maximum Gasteiger partial charge on any atom is 0.261 e. The number of ether oxygens (including phenoxy) is 1. The molecule has 2 heterocycles. The fraction of sp³-hybridized carbons (Fsp3) is 0.308. The molecule has 1 aliphatic heterocycles. The van der Waals surface area contributed by atoms with Gasteiger partial charge >= 0.3 is 0 Å². The zero-order valence-corrected chi connectivity index (χ0v) is 18.8. The number of carbonyl (C=O) groups is 1. The Bertz CT molecular complexity index is 1130. The molecule has 5 rings (SSSR count). The van der Waals surface area contributed by atoms with E-state index in [-0.39, 0.29) is 16.6 Å². The maximum atomic E-state index is 12.9. The fourth-order valence-electron chi connectivity index (χ4n) is 4.01. The van der Waals surface area contributed by atoms with E-state index in [9.17, 15) is 9.90 Å². The van der Waals surface area contributed by atoms with Crippen LogP contribution in [0.2, 0.25) is 0 Å². The third kappa shape index (κ3) is 4.38. The highest BCUT2D eigenvalue weighted by Gasteiger charge is 2.39. The zero-order chi connectivity index (χ0) is 22.1. The van der Waals surface area contributed by atoms with Crippen molar-refractivity contribution in [1.29, 1.82) is 0 Å². The minimum atomic E-state index is -0.621. The van der Waals surface area contributed by atoms with Crippen LogP contribution >= 0.6 is 11.9 Å². The molecule has 1 aliphatic carbocycles. The van der Waals surface area contributed by atoms with Crippen molar-refractivity contribution in [2.45, 2.75) is 37.0 Å². The lowest BCUT2D eigenvalue weighted by molar-refractivity contribution is 0.0503. The van der Waals surface area contributed by atoms with E-state index in [0.717, 1.165) is 35.2 Å². The Labute approximate surface area is 192 Å². The highest BCUT2D eigenvalue weighted by atomic mass is 32.2. The number of aromatic nitrogens is 1. The summed E-state index contributed by atoms with van der Waals surface area (Å²) in [6.45, 7) is 2.59. The molecule has 0 bridgehead atoms. The molecule has 32 heavy (non-hydrogen) atoms. The molecule has 3 aromatic rings. The van der Waals surface area contributed by atoms with Crippen molar-refractivity contribution in [2.24, 2.45) is 5.92 Å². The summed E-state index contributed by atoms with van der Waals surface area (Å²) in [7, 11) is 0. The summed E-state index contributed by atoms with van der Waals surface area (Å²) in [5, 5.41) is 11.0. The Morgan fingerprint density at radius 1 is 1.19 bits per heavy atom. The molecule has 2 aromatic carbocycles. The van der Waals surface area contributed by atoms with Crippen LogP contribution in [0, 0.1) is 5.92 Å². The van der Waals surface area contributed by atoms with Gasteiger partial charge in [0.05, 0.1) is 12.7 Å². The summed E-state index contributed by atoms with van der Waals surface area (Å²) < 4.78 is 9.23. The Hall–Kier alpha value is -2.83. The number of amides is 1. The molecule has 1 aromatic heterocycles. The van der Waals surface area contributed by atoms with Crippen LogP contribution in [-0.2, 0) is 6.42 Å². The lowest BCUT2D eigenvalue weighted by Crippen LogP contribution is -2.28. The first-order valence-electron chi connectivity index (χ1n) is 10.9. The summed E-state index contributed by atoms with van der Waals surface area (Å²) in [4.78, 5) is 17.2. The SMILES string of the molecule is CC1(SNC(=O)c2ccccc2-c2ccc3c(c2)OC[C@@H](Cc2ccccn2)[C@@H]3O)CC1. The van der Waals surface area contributed by atoms with Gasteiger partial charge in [0.15, 0.2) is 0 Å². The van der Waals surface area contributed by atoms with Gasteiger partial charge in [-0.25, -0.2) is 0 Å². The number of hydrogen-bond acceptors (Lipinski definition) is 5. The van der Waals surface area contributed by atoms with Gasteiger partial charge in [-0.2, -0.15) is 0 Å². The van der Waals surface area contributed by atoms with Gasteiger partial charge in [0.25, 0.3) is 5.91 Å². The van der Waals surface area contributed by atoms with Crippen molar-refractivity contribution in [3.05, 3.63) is 83.7 Å². The van der Waals surface area contributed by atoms with Crippen molar-refractivity contribution in [1.82, 2.24) is 9.71 Å². The van der Waals surface area contributed by atoms with Crippen molar-refractivity contribution in [2.75, 3.05) is 6.61 Å². The van der Waals surface area contributed by atoms with E-state index < -0.39 is 6.10 Å². The van der Waals surface area contributed by atoms with Crippen molar-refractivity contribution in [3.63, 3.8) is 0 Å². The van der Waals surface area contributed by atoms with Gasteiger partial charge in [-0.05, 0) is 73.5 Å². The molecule has 2 atom stereocenters. The Morgan fingerprint density at radius 2 is 2.00 bits per heavy atom. The molecule has 0 spiro atoms. The zero-order valence-electron chi connectivity index (χ0n) is 18.0. The van der Waals surface area contributed by atoms with Crippen molar-refractivity contribution < 1.29 is 14.6 Å². The Morgan fingerprint density at radius 3 is 2.78 bits per heavy atom. The Balaban J connectivity index is 1.36. The summed E-state index contributed by atoms with van der Waals surface area (Å²) in [5.74, 6) is 0.525. The molecule has 1 fully saturated rings. The van der Waals surface area contributed by atoms with E-state index in [1.165, 1.54) is 11.9 Å². The average molecular weight is 447 g/mol. The molecular weight excluding hydrogens is 420 g/mol. The maximum absolute atomic E-state index is 12.9. The van der Waals surface area contributed by atoms with Gasteiger partial charge in [-0.3, -0.25) is 14.5 Å². The highest BCUT2D eigenvalue weighted by Crippen LogP contribution is 2.46. The van der Waals surface area contributed by atoms with Gasteiger partial charge in [0.2, 0.25) is 0 Å². The standard InChI is InChI=1S/C26H26N2O3S/c1-26(11-12-26)32-28-25(30)21-8-3-2-7-20(21)17-9-10-22-23(15-17)31-16-18(24(22)29)14-19-6-4-5-13-27-19/h2-10,13,15,18,24,29H,11-12,14,16H2,1H3,(H,28,30)/t18-,24+/m1/s1. The molecule has 2 aliphatic rings. The van der Waals surface area contributed by atoms with Crippen LogP contribution in [0.4, 0.5) is 0 Å². The second-order valence-electron chi connectivity index (χ2n) is 8.82. The van der Waals surface area contributed by atoms with E-state index in [1.54, 1.807) is 6.20 Å². The number of carbonyl (C=O) groups excluding carboxylic acids is 1. The lowest BCUT2D eigenvalue weighted by atomic mass is 9.88. The van der Waals surface area contributed by atoms with Crippen LogP contribution < -0.4 is 9.46 Å². The van der Waals surface area contributed by atoms with Crippen molar-refractivity contribution in [3.8, 4) is 16.9 Å². The molecular formula is C26H26N2O3S. The molecule has 0 unspecified atom stereocenters. The first-order chi connectivity index (χ1) is 15.5. The first kappa shape index (κ1) is 21.0. The van der Waals surface area contributed by atoms with Crippen LogP contribution in [-0.4, -0.2) is 27.4 Å². The van der Waals surface area contributed by atoms with Crippen LogP contribution in [0.25, 0.3) is 11.1 Å². The molecule has 1 saturated carbocycles. The van der Waals surface area contributed by atoms with Gasteiger partial charge < -0.3 is 9.84 Å². The van der Waals surface area contributed by atoms with Crippen LogP contribution in [0.3, 0.4) is 0 Å². The van der Waals surface area contributed by atoms with Crippen LogP contribution in [0.1, 0.15) is 47.5 Å². The third-order valence-electron chi connectivity index (χ3n) is 6.26. The van der Waals surface area contributed by atoms with E-state index >= 15 is 0 Å². The monoisotopic (exact) mass is 446 g/mol. The first-order valence-corrected chi connectivity index (χ1v) is 11.8. The average Bonchev–Trinajstić information content (AvgIpc) is 3.57. The summed E-state index contributed by atoms with van der Waals surface area (Å²) in [6, 6.07) is 19.2. The summed E-state index contributed by atoms with van der Waals surface area (Å²) in [6.07, 6.45) is 4.06. The predicted octanol–water partition coefficient (Wildman–Crippen LogP) is 4.96. The second kappa shape index (κ2) is 8.60. The van der Waals surface area contributed by atoms with E-state index in [0.29, 0.717) is 24.3 Å². The molecule has 1 amide bonds. The number of benzene rings is 2. The fourth-order valence-corrected chi connectivity index (χ4v) is 4.76. The van der Waals surface area contributed by atoms with Crippen LogP contribution in [0.5, 0.6) is 5.75 Å². The number of fused-ring (bicyclic) bond motifs is 1. The molecule has 6 heteroatoms. The molecule has 164 valence electrons. The van der Waals surface area contributed by atoms with Gasteiger partial charge in [-0.15, -0.1) is 0 Å². The lowest BCUT2D eigenvalue weighted by Gasteiger charge is -2.30. The second-order valence-corrected chi connectivity index (χ2v) is 10.2. The molecule has 2 N–H and O–H groups in total. The minimum Gasteiger partial charge on any atom is -0.493 e.